The number of hydrogen-bond acceptors (Lipinski definition) is 2. The van der Waals surface area contributed by atoms with E-state index in [1.54, 1.807) is 11.1 Å². The zero-order valence-electron chi connectivity index (χ0n) is 15.5. The molecule has 3 rings (SSSR count). The van der Waals surface area contributed by atoms with Gasteiger partial charge in [-0.05, 0) is 54.7 Å². The van der Waals surface area contributed by atoms with Crippen LogP contribution in [0.4, 0.5) is 0 Å². The third-order valence-corrected chi connectivity index (χ3v) is 5.96. The van der Waals surface area contributed by atoms with Crippen LogP contribution in [0, 0.1) is 11.3 Å². The minimum absolute atomic E-state index is 0.458. The number of rotatable bonds is 3. The van der Waals surface area contributed by atoms with Crippen LogP contribution in [0.2, 0.25) is 0 Å². The summed E-state index contributed by atoms with van der Waals surface area (Å²) in [6, 6.07) is 9.14. The Hall–Kier alpha value is -0.860. The molecular formula is C21H34N2. The van der Waals surface area contributed by atoms with Gasteiger partial charge in [-0.25, -0.2) is 0 Å². The Morgan fingerprint density at radius 3 is 2.39 bits per heavy atom. The summed E-state index contributed by atoms with van der Waals surface area (Å²) in [5, 5.41) is 0. The van der Waals surface area contributed by atoms with Crippen molar-refractivity contribution in [3.8, 4) is 0 Å². The van der Waals surface area contributed by atoms with Crippen molar-refractivity contribution in [2.45, 2.75) is 59.5 Å². The molecule has 0 spiro atoms. The monoisotopic (exact) mass is 314 g/mol. The molecule has 2 aliphatic rings. The van der Waals surface area contributed by atoms with Crippen molar-refractivity contribution < 1.29 is 0 Å². The second kappa shape index (κ2) is 6.94. The molecule has 128 valence electrons. The summed E-state index contributed by atoms with van der Waals surface area (Å²) in [4.78, 5) is 5.48. The maximum Gasteiger partial charge on any atom is 0.0889 e. The lowest BCUT2D eigenvalue weighted by molar-refractivity contribution is -0.00416. The first-order valence-electron chi connectivity index (χ1n) is 9.56. The first kappa shape index (κ1) is 17.0. The zero-order valence-corrected chi connectivity index (χ0v) is 15.5. The average Bonchev–Trinajstić information content (AvgIpc) is 2.54. The summed E-state index contributed by atoms with van der Waals surface area (Å²) in [6.45, 7) is 14.5. The average molecular weight is 315 g/mol. The van der Waals surface area contributed by atoms with Gasteiger partial charge in [0.05, 0.1) is 6.17 Å². The highest BCUT2D eigenvalue weighted by molar-refractivity contribution is 5.32. The predicted octanol–water partition coefficient (Wildman–Crippen LogP) is 4.71. The number of nitrogens with zero attached hydrogens (tertiary/aromatic N) is 2. The van der Waals surface area contributed by atoms with Gasteiger partial charge in [0.2, 0.25) is 0 Å². The van der Waals surface area contributed by atoms with E-state index in [4.69, 9.17) is 0 Å². The third kappa shape index (κ3) is 3.64. The van der Waals surface area contributed by atoms with E-state index in [1.807, 2.05) is 0 Å². The van der Waals surface area contributed by atoms with Crippen molar-refractivity contribution >= 4 is 0 Å². The molecule has 2 nitrogen and oxygen atoms in total. The van der Waals surface area contributed by atoms with Crippen LogP contribution in [0.25, 0.3) is 0 Å². The first-order valence-corrected chi connectivity index (χ1v) is 9.56. The van der Waals surface area contributed by atoms with E-state index in [9.17, 15) is 0 Å². The Bertz CT molecular complexity index is 509. The fraction of sp³-hybridized carbons (Fsp3) is 0.714. The molecule has 0 N–H and O–H groups in total. The van der Waals surface area contributed by atoms with Gasteiger partial charge in [-0.3, -0.25) is 9.80 Å². The number of fused-ring (bicyclic) bond motifs is 1. The highest BCUT2D eigenvalue weighted by Crippen LogP contribution is 2.39. The van der Waals surface area contributed by atoms with Crippen molar-refractivity contribution in [2.75, 3.05) is 26.2 Å². The summed E-state index contributed by atoms with van der Waals surface area (Å²) in [5.74, 6) is 0.872. The Morgan fingerprint density at radius 1 is 1.04 bits per heavy atom. The SMILES string of the molecule is CCCN1CCc2ccccc2C1N1CCC(C(C)(C)C)CC1. The fourth-order valence-corrected chi connectivity index (χ4v) is 4.56. The van der Waals surface area contributed by atoms with Crippen LogP contribution in [0.1, 0.15) is 64.3 Å². The van der Waals surface area contributed by atoms with E-state index >= 15 is 0 Å². The van der Waals surface area contributed by atoms with Crippen LogP contribution >= 0.6 is 0 Å². The first-order chi connectivity index (χ1) is 11.0. The normalized spacial score (nSPS) is 24.6. The fourth-order valence-electron chi connectivity index (χ4n) is 4.56. The molecule has 0 radical (unpaired) electrons. The van der Waals surface area contributed by atoms with Gasteiger partial charge < -0.3 is 0 Å². The molecule has 1 saturated heterocycles. The second-order valence-electron chi connectivity index (χ2n) is 8.53. The van der Waals surface area contributed by atoms with Crippen LogP contribution in [0.3, 0.4) is 0 Å². The number of likely N-dealkylation sites (tertiary alicyclic amines) is 1. The summed E-state index contributed by atoms with van der Waals surface area (Å²) >= 11 is 0. The molecule has 2 heterocycles. The molecule has 0 amide bonds. The van der Waals surface area contributed by atoms with Gasteiger partial charge >= 0.3 is 0 Å². The van der Waals surface area contributed by atoms with E-state index in [2.05, 4.69) is 61.8 Å². The van der Waals surface area contributed by atoms with Crippen molar-refractivity contribution in [1.29, 1.82) is 0 Å². The van der Waals surface area contributed by atoms with E-state index in [0.29, 0.717) is 11.6 Å². The highest BCUT2D eigenvalue weighted by atomic mass is 15.4. The largest absolute Gasteiger partial charge is 0.284 e. The molecule has 2 aliphatic heterocycles. The number of piperidine rings is 1. The Balaban J connectivity index is 1.79. The van der Waals surface area contributed by atoms with Crippen molar-refractivity contribution in [3.05, 3.63) is 35.4 Å². The van der Waals surface area contributed by atoms with E-state index in [1.165, 1.54) is 51.9 Å². The quantitative estimate of drug-likeness (QED) is 0.797. The molecule has 0 aromatic heterocycles. The smallest absolute Gasteiger partial charge is 0.0889 e. The molecule has 2 heteroatoms. The molecule has 0 bridgehead atoms. The van der Waals surface area contributed by atoms with Gasteiger partial charge in [0.25, 0.3) is 0 Å². The van der Waals surface area contributed by atoms with E-state index in [0.717, 1.165) is 5.92 Å². The molecule has 1 fully saturated rings. The zero-order chi connectivity index (χ0) is 16.4. The minimum Gasteiger partial charge on any atom is -0.284 e. The highest BCUT2D eigenvalue weighted by Gasteiger charge is 2.36. The van der Waals surface area contributed by atoms with Gasteiger partial charge in [-0.2, -0.15) is 0 Å². The molecule has 1 aromatic carbocycles. The van der Waals surface area contributed by atoms with Gasteiger partial charge in [0.1, 0.15) is 0 Å². The molecule has 0 saturated carbocycles. The van der Waals surface area contributed by atoms with Crippen LogP contribution in [-0.2, 0) is 6.42 Å². The lowest BCUT2D eigenvalue weighted by Crippen LogP contribution is -2.49. The summed E-state index contributed by atoms with van der Waals surface area (Å²) in [7, 11) is 0. The summed E-state index contributed by atoms with van der Waals surface area (Å²) in [6.07, 6.45) is 5.67. The Kier molecular flexibility index (Phi) is 5.13. The topological polar surface area (TPSA) is 6.48 Å². The Morgan fingerprint density at radius 2 is 1.74 bits per heavy atom. The van der Waals surface area contributed by atoms with Crippen LogP contribution in [0.15, 0.2) is 24.3 Å². The van der Waals surface area contributed by atoms with Crippen molar-refractivity contribution in [1.82, 2.24) is 9.80 Å². The number of benzene rings is 1. The molecular weight excluding hydrogens is 280 g/mol. The van der Waals surface area contributed by atoms with Crippen LogP contribution in [0.5, 0.6) is 0 Å². The molecule has 23 heavy (non-hydrogen) atoms. The summed E-state index contributed by atoms with van der Waals surface area (Å²) < 4.78 is 0. The van der Waals surface area contributed by atoms with E-state index < -0.39 is 0 Å². The van der Waals surface area contributed by atoms with Gasteiger partial charge in [-0.15, -0.1) is 0 Å². The van der Waals surface area contributed by atoms with Crippen molar-refractivity contribution in [2.24, 2.45) is 11.3 Å². The lowest BCUT2D eigenvalue weighted by Gasteiger charge is -2.47. The van der Waals surface area contributed by atoms with E-state index in [-0.39, 0.29) is 0 Å². The van der Waals surface area contributed by atoms with Gasteiger partial charge in [-0.1, -0.05) is 52.0 Å². The van der Waals surface area contributed by atoms with Crippen LogP contribution < -0.4 is 0 Å². The summed E-state index contributed by atoms with van der Waals surface area (Å²) in [5.41, 5.74) is 3.60. The minimum atomic E-state index is 0.458. The molecule has 1 aromatic rings. The maximum absolute atomic E-state index is 2.76. The van der Waals surface area contributed by atoms with Gasteiger partial charge in [0.15, 0.2) is 0 Å². The molecule has 1 unspecified atom stereocenters. The van der Waals surface area contributed by atoms with Gasteiger partial charge in [0, 0.05) is 19.6 Å². The standard InChI is InChI=1S/C21H34N2/c1-5-13-22-14-10-17-8-6-7-9-19(17)20(22)23-15-11-18(12-16-23)21(2,3)4/h6-9,18,20H,5,10-16H2,1-4H3. The van der Waals surface area contributed by atoms with Crippen molar-refractivity contribution in [3.63, 3.8) is 0 Å². The lowest BCUT2D eigenvalue weighted by atomic mass is 9.75. The predicted molar refractivity (Wildman–Crippen MR) is 98.5 cm³/mol. The van der Waals surface area contributed by atoms with Crippen LogP contribution in [-0.4, -0.2) is 36.0 Å². The maximum atomic E-state index is 2.76. The third-order valence-electron chi connectivity index (χ3n) is 5.96. The molecule has 1 atom stereocenters. The number of hydrogen-bond donors (Lipinski definition) is 0. The Labute approximate surface area is 142 Å². The second-order valence-corrected chi connectivity index (χ2v) is 8.53. The molecule has 0 aliphatic carbocycles.